The SMILES string of the molecule is CCOc1ccc2c(c1)N(CC)C(c1ccc(N3C(=O)CNC3=O)cc1)C2C(N)=O. The number of amides is 4. The van der Waals surface area contributed by atoms with Crippen molar-refractivity contribution in [1.82, 2.24) is 5.32 Å². The molecular formula is C22H24N4O4. The molecule has 2 aliphatic rings. The van der Waals surface area contributed by atoms with E-state index in [1.165, 1.54) is 0 Å². The third kappa shape index (κ3) is 3.14. The highest BCUT2D eigenvalue weighted by molar-refractivity contribution is 6.19. The molecule has 4 rings (SSSR count). The van der Waals surface area contributed by atoms with Gasteiger partial charge in [-0.05, 0) is 43.2 Å². The van der Waals surface area contributed by atoms with Crippen LogP contribution in [0.15, 0.2) is 42.5 Å². The number of rotatable bonds is 6. The number of carbonyl (C=O) groups excluding carboxylic acids is 3. The van der Waals surface area contributed by atoms with E-state index in [0.29, 0.717) is 18.8 Å². The zero-order chi connectivity index (χ0) is 21.4. The van der Waals surface area contributed by atoms with Crippen molar-refractivity contribution in [3.05, 3.63) is 53.6 Å². The fourth-order valence-corrected chi connectivity index (χ4v) is 4.34. The molecule has 0 aliphatic carbocycles. The van der Waals surface area contributed by atoms with Gasteiger partial charge >= 0.3 is 6.03 Å². The molecule has 2 aromatic carbocycles. The van der Waals surface area contributed by atoms with Crippen molar-refractivity contribution >= 4 is 29.2 Å². The maximum absolute atomic E-state index is 12.4. The number of nitrogens with two attached hydrogens (primary N) is 1. The first-order valence-electron chi connectivity index (χ1n) is 9.99. The lowest BCUT2D eigenvalue weighted by atomic mass is 9.89. The van der Waals surface area contributed by atoms with Crippen molar-refractivity contribution in [1.29, 1.82) is 0 Å². The number of urea groups is 1. The Morgan fingerprint density at radius 2 is 1.90 bits per heavy atom. The van der Waals surface area contributed by atoms with E-state index >= 15 is 0 Å². The van der Waals surface area contributed by atoms with Crippen LogP contribution in [0, 0.1) is 0 Å². The molecule has 3 N–H and O–H groups in total. The summed E-state index contributed by atoms with van der Waals surface area (Å²) < 4.78 is 5.64. The number of nitrogens with one attached hydrogen (secondary N) is 1. The summed E-state index contributed by atoms with van der Waals surface area (Å²) >= 11 is 0. The first-order chi connectivity index (χ1) is 14.5. The predicted octanol–water partition coefficient (Wildman–Crippen LogP) is 2.29. The summed E-state index contributed by atoms with van der Waals surface area (Å²) in [5, 5.41) is 2.51. The normalized spacial score (nSPS) is 20.3. The molecule has 2 aliphatic heterocycles. The van der Waals surface area contributed by atoms with E-state index in [1.54, 1.807) is 12.1 Å². The lowest BCUT2D eigenvalue weighted by Gasteiger charge is -2.29. The Balaban J connectivity index is 1.72. The predicted molar refractivity (Wildman–Crippen MR) is 113 cm³/mol. The topological polar surface area (TPSA) is 105 Å². The number of fused-ring (bicyclic) bond motifs is 1. The summed E-state index contributed by atoms with van der Waals surface area (Å²) in [6.45, 7) is 5.17. The van der Waals surface area contributed by atoms with Gasteiger partial charge in [0, 0.05) is 18.3 Å². The molecule has 0 radical (unpaired) electrons. The first-order valence-corrected chi connectivity index (χ1v) is 9.99. The monoisotopic (exact) mass is 408 g/mol. The van der Waals surface area contributed by atoms with Crippen LogP contribution in [0.5, 0.6) is 5.75 Å². The van der Waals surface area contributed by atoms with Crippen molar-refractivity contribution in [3.8, 4) is 5.75 Å². The number of primary amides is 1. The van der Waals surface area contributed by atoms with E-state index in [9.17, 15) is 14.4 Å². The standard InChI is InChI=1S/C22H24N4O4/c1-3-25-17-11-15(30-4-2)9-10-16(17)19(21(23)28)20(25)13-5-7-14(8-6-13)26-18(27)12-24-22(26)29/h5-11,19-20H,3-4,12H2,1-2H3,(H2,23,28)(H,24,29). The summed E-state index contributed by atoms with van der Waals surface area (Å²) in [4.78, 5) is 39.6. The number of ether oxygens (including phenoxy) is 1. The minimum absolute atomic E-state index is 0.00591. The van der Waals surface area contributed by atoms with E-state index in [-0.39, 0.29) is 18.5 Å². The molecule has 2 aromatic rings. The Kier molecular flexibility index (Phi) is 5.07. The summed E-state index contributed by atoms with van der Waals surface area (Å²) in [6.07, 6.45) is 0. The Bertz CT molecular complexity index is 989. The fraction of sp³-hybridized carbons (Fsp3) is 0.318. The number of hydrogen-bond donors (Lipinski definition) is 2. The van der Waals surface area contributed by atoms with Crippen molar-refractivity contribution in [2.24, 2.45) is 5.73 Å². The van der Waals surface area contributed by atoms with E-state index < -0.39 is 17.9 Å². The second-order valence-corrected chi connectivity index (χ2v) is 7.24. The van der Waals surface area contributed by atoms with Crippen LogP contribution in [-0.2, 0) is 9.59 Å². The van der Waals surface area contributed by atoms with Crippen molar-refractivity contribution < 1.29 is 19.1 Å². The van der Waals surface area contributed by atoms with Gasteiger partial charge in [-0.25, -0.2) is 9.69 Å². The van der Waals surface area contributed by atoms with Crippen LogP contribution in [0.3, 0.4) is 0 Å². The molecule has 30 heavy (non-hydrogen) atoms. The van der Waals surface area contributed by atoms with Gasteiger partial charge in [0.25, 0.3) is 5.91 Å². The van der Waals surface area contributed by atoms with Crippen LogP contribution in [0.25, 0.3) is 0 Å². The van der Waals surface area contributed by atoms with E-state index in [4.69, 9.17) is 10.5 Å². The van der Waals surface area contributed by atoms with Crippen LogP contribution in [0.1, 0.15) is 36.9 Å². The molecule has 2 heterocycles. The maximum atomic E-state index is 12.4. The van der Waals surface area contributed by atoms with E-state index in [1.807, 2.05) is 44.2 Å². The van der Waals surface area contributed by atoms with Crippen LogP contribution >= 0.6 is 0 Å². The Morgan fingerprint density at radius 1 is 1.17 bits per heavy atom. The van der Waals surface area contributed by atoms with Gasteiger partial charge < -0.3 is 20.7 Å². The average molecular weight is 408 g/mol. The van der Waals surface area contributed by atoms with Gasteiger partial charge in [-0.3, -0.25) is 9.59 Å². The van der Waals surface area contributed by atoms with Gasteiger partial charge in [-0.15, -0.1) is 0 Å². The molecule has 2 atom stereocenters. The molecule has 0 bridgehead atoms. The van der Waals surface area contributed by atoms with Gasteiger partial charge in [-0.2, -0.15) is 0 Å². The van der Waals surface area contributed by atoms with Gasteiger partial charge in [-0.1, -0.05) is 18.2 Å². The number of carbonyl (C=O) groups is 3. The summed E-state index contributed by atoms with van der Waals surface area (Å²) in [6, 6.07) is 12.1. The first kappa shape index (κ1) is 19.8. The number of hydrogen-bond acceptors (Lipinski definition) is 5. The lowest BCUT2D eigenvalue weighted by molar-refractivity contribution is -0.119. The molecule has 0 spiro atoms. The molecular weight excluding hydrogens is 384 g/mol. The third-order valence-electron chi connectivity index (χ3n) is 5.59. The number of likely N-dealkylation sites (N-methyl/N-ethyl adjacent to an activating group) is 1. The largest absolute Gasteiger partial charge is 0.494 e. The highest BCUT2D eigenvalue weighted by atomic mass is 16.5. The number of benzene rings is 2. The van der Waals surface area contributed by atoms with Crippen LogP contribution < -0.4 is 25.6 Å². The Morgan fingerprint density at radius 3 is 2.47 bits per heavy atom. The summed E-state index contributed by atoms with van der Waals surface area (Å²) in [5.74, 6) is -0.472. The average Bonchev–Trinajstić information content (AvgIpc) is 3.24. The minimum Gasteiger partial charge on any atom is -0.494 e. The number of imide groups is 1. The van der Waals surface area contributed by atoms with Crippen molar-refractivity contribution in [3.63, 3.8) is 0 Å². The summed E-state index contributed by atoms with van der Waals surface area (Å²) in [7, 11) is 0. The molecule has 156 valence electrons. The molecule has 8 nitrogen and oxygen atoms in total. The Labute approximate surface area is 174 Å². The highest BCUT2D eigenvalue weighted by Crippen LogP contribution is 2.50. The fourth-order valence-electron chi connectivity index (χ4n) is 4.34. The minimum atomic E-state index is -0.516. The molecule has 2 unspecified atom stereocenters. The molecule has 1 saturated heterocycles. The number of nitrogens with zero attached hydrogens (tertiary/aromatic N) is 2. The van der Waals surface area contributed by atoms with Gasteiger partial charge in [0.1, 0.15) is 5.75 Å². The van der Waals surface area contributed by atoms with Gasteiger partial charge in [0.2, 0.25) is 5.91 Å². The van der Waals surface area contributed by atoms with Crippen molar-refractivity contribution in [2.75, 3.05) is 29.5 Å². The Hall–Kier alpha value is -3.55. The maximum Gasteiger partial charge on any atom is 0.329 e. The summed E-state index contributed by atoms with van der Waals surface area (Å²) in [5.41, 5.74) is 8.99. The zero-order valence-electron chi connectivity index (χ0n) is 16.9. The second kappa shape index (κ2) is 7.70. The smallest absolute Gasteiger partial charge is 0.329 e. The molecule has 4 amide bonds. The van der Waals surface area contributed by atoms with Crippen LogP contribution in [0.2, 0.25) is 0 Å². The zero-order valence-corrected chi connectivity index (χ0v) is 16.9. The van der Waals surface area contributed by atoms with Gasteiger partial charge in [0.05, 0.1) is 30.8 Å². The van der Waals surface area contributed by atoms with E-state index in [0.717, 1.165) is 27.5 Å². The molecule has 0 aromatic heterocycles. The molecule has 0 saturated carbocycles. The lowest BCUT2D eigenvalue weighted by Crippen LogP contribution is -2.33. The van der Waals surface area contributed by atoms with Crippen LogP contribution in [0.4, 0.5) is 16.2 Å². The molecule has 8 heteroatoms. The third-order valence-corrected chi connectivity index (χ3v) is 5.59. The molecule has 1 fully saturated rings. The van der Waals surface area contributed by atoms with Gasteiger partial charge in [0.15, 0.2) is 0 Å². The van der Waals surface area contributed by atoms with Crippen molar-refractivity contribution in [2.45, 2.75) is 25.8 Å². The van der Waals surface area contributed by atoms with Crippen LogP contribution in [-0.4, -0.2) is 37.5 Å². The number of anilines is 2. The van der Waals surface area contributed by atoms with E-state index in [2.05, 4.69) is 10.2 Å². The highest BCUT2D eigenvalue weighted by Gasteiger charge is 2.42. The quantitative estimate of drug-likeness (QED) is 0.714. The second-order valence-electron chi connectivity index (χ2n) is 7.24.